The van der Waals surface area contributed by atoms with Crippen molar-refractivity contribution in [3.63, 3.8) is 0 Å². The number of aromatic nitrogens is 3. The summed E-state index contributed by atoms with van der Waals surface area (Å²) in [5.41, 5.74) is 8.73. The molecule has 1 aromatic carbocycles. The number of nitrogens with two attached hydrogens (primary N) is 1. The molecule has 0 aliphatic heterocycles. The van der Waals surface area contributed by atoms with Crippen molar-refractivity contribution in [2.45, 2.75) is 26.4 Å². The van der Waals surface area contributed by atoms with Gasteiger partial charge in [-0.3, -0.25) is 15.5 Å². The number of Topliss-reactive ketones (excluding diaryl/α,β-unsaturated/α-hetero) is 1. The molecule has 0 aliphatic rings. The summed E-state index contributed by atoms with van der Waals surface area (Å²) >= 11 is 1.15. The van der Waals surface area contributed by atoms with Gasteiger partial charge >= 0.3 is 0 Å². The number of carbonyl (C=O) groups is 1. The molecule has 3 rings (SSSR count). The van der Waals surface area contributed by atoms with Crippen molar-refractivity contribution in [2.75, 3.05) is 12.3 Å². The Labute approximate surface area is 174 Å². The predicted octanol–water partition coefficient (Wildman–Crippen LogP) is 2.79. The third-order valence-electron chi connectivity index (χ3n) is 4.00. The molecule has 0 amide bonds. The fourth-order valence-corrected chi connectivity index (χ4v) is 3.13. The van der Waals surface area contributed by atoms with Crippen molar-refractivity contribution >= 4 is 33.8 Å². The molecule has 0 radical (unpaired) electrons. The van der Waals surface area contributed by atoms with Crippen LogP contribution in [0.1, 0.15) is 39.5 Å². The lowest BCUT2D eigenvalue weighted by Crippen LogP contribution is -2.22. The van der Waals surface area contributed by atoms with E-state index in [0.717, 1.165) is 11.3 Å². The largest absolute Gasteiger partial charge is 0.375 e. The maximum Gasteiger partial charge on any atom is 0.182 e. The second kappa shape index (κ2) is 10.0. The molecular weight excluding hydrogens is 415 g/mol. The highest BCUT2D eigenvalue weighted by molar-refractivity contribution is 7.17. The van der Waals surface area contributed by atoms with Gasteiger partial charge in [-0.1, -0.05) is 16.5 Å². The van der Waals surface area contributed by atoms with E-state index in [1.165, 1.54) is 24.4 Å². The van der Waals surface area contributed by atoms with Crippen LogP contribution in [0.4, 0.5) is 15.2 Å². The van der Waals surface area contributed by atoms with Gasteiger partial charge in [0.1, 0.15) is 11.5 Å². The van der Waals surface area contributed by atoms with Gasteiger partial charge in [0.25, 0.3) is 0 Å². The van der Waals surface area contributed by atoms with Gasteiger partial charge in [-0.25, -0.2) is 19.0 Å². The number of amidine groups is 1. The van der Waals surface area contributed by atoms with E-state index in [1.807, 2.05) is 5.48 Å². The summed E-state index contributed by atoms with van der Waals surface area (Å²) in [7, 11) is 0. The molecular formula is C18H19FN6O4S. The molecule has 4 N–H and O–H groups in total. The number of aryl methyl sites for hydroxylation is 1. The van der Waals surface area contributed by atoms with Crippen LogP contribution < -0.4 is 11.2 Å². The Morgan fingerprint density at radius 1 is 1.43 bits per heavy atom. The number of ether oxygens (including phenoxy) is 1. The van der Waals surface area contributed by atoms with Gasteiger partial charge in [0.15, 0.2) is 22.4 Å². The van der Waals surface area contributed by atoms with E-state index < -0.39 is 0 Å². The summed E-state index contributed by atoms with van der Waals surface area (Å²) in [4.78, 5) is 20.6. The van der Waals surface area contributed by atoms with Crippen LogP contribution in [0.5, 0.6) is 0 Å². The first-order valence-corrected chi connectivity index (χ1v) is 9.68. The van der Waals surface area contributed by atoms with Crippen LogP contribution in [0.25, 0.3) is 0 Å². The smallest absolute Gasteiger partial charge is 0.182 e. The highest BCUT2D eigenvalue weighted by atomic mass is 32.1. The van der Waals surface area contributed by atoms with Crippen molar-refractivity contribution in [1.29, 1.82) is 0 Å². The van der Waals surface area contributed by atoms with Crippen LogP contribution in [0.15, 0.2) is 34.0 Å². The van der Waals surface area contributed by atoms with E-state index in [4.69, 9.17) is 15.1 Å². The standard InChI is InChI=1S/C18H19FN6O4S/c1-10-7-11(4-5-12(10)19)22-17(23-27)16-13(24-29-25-16)9-28-6-2-3-14(26)15-8-21-18(20)30-15/h4-5,7-8,27H,2-3,6,9H2,1H3,(H2,20,21)(H,22,23). The van der Waals surface area contributed by atoms with Crippen LogP contribution >= 0.6 is 11.3 Å². The van der Waals surface area contributed by atoms with Gasteiger partial charge < -0.3 is 10.5 Å². The molecule has 10 nitrogen and oxygen atoms in total. The number of hydrogen-bond acceptors (Lipinski definition) is 10. The zero-order chi connectivity index (χ0) is 21.5. The number of halogens is 1. The molecule has 3 aromatic rings. The average molecular weight is 434 g/mol. The topological polar surface area (TPSA) is 149 Å². The normalized spacial score (nSPS) is 11.6. The molecule has 12 heteroatoms. The van der Waals surface area contributed by atoms with E-state index in [-0.39, 0.29) is 29.7 Å². The minimum Gasteiger partial charge on any atom is -0.375 e. The quantitative estimate of drug-likeness (QED) is 0.152. The molecule has 0 saturated heterocycles. The summed E-state index contributed by atoms with van der Waals surface area (Å²) in [6, 6.07) is 4.25. The highest BCUT2D eigenvalue weighted by Gasteiger charge is 2.17. The first kappa shape index (κ1) is 21.5. The first-order valence-electron chi connectivity index (χ1n) is 8.87. The van der Waals surface area contributed by atoms with Gasteiger partial charge in [-0.2, -0.15) is 0 Å². The molecule has 0 atom stereocenters. The Morgan fingerprint density at radius 3 is 2.97 bits per heavy atom. The zero-order valence-electron chi connectivity index (χ0n) is 16.0. The van der Waals surface area contributed by atoms with Crippen molar-refractivity contribution in [3.05, 3.63) is 52.0 Å². The number of hydroxylamine groups is 1. The first-order chi connectivity index (χ1) is 14.5. The highest BCUT2D eigenvalue weighted by Crippen LogP contribution is 2.19. The molecule has 0 saturated carbocycles. The van der Waals surface area contributed by atoms with Gasteiger partial charge in [-0.05, 0) is 42.3 Å². The van der Waals surface area contributed by atoms with E-state index in [2.05, 4.69) is 20.3 Å². The van der Waals surface area contributed by atoms with Crippen molar-refractivity contribution in [2.24, 2.45) is 4.99 Å². The Hall–Kier alpha value is -3.22. The number of ketones is 1. The fourth-order valence-electron chi connectivity index (χ4n) is 2.48. The van der Waals surface area contributed by atoms with Crippen molar-refractivity contribution in [3.8, 4) is 0 Å². The third kappa shape index (κ3) is 5.43. The summed E-state index contributed by atoms with van der Waals surface area (Å²) < 4.78 is 23.7. The lowest BCUT2D eigenvalue weighted by atomic mass is 10.2. The average Bonchev–Trinajstić information content (AvgIpc) is 3.37. The summed E-state index contributed by atoms with van der Waals surface area (Å²) in [6.45, 7) is 1.93. The monoisotopic (exact) mass is 434 g/mol. The molecule has 0 unspecified atom stereocenters. The zero-order valence-corrected chi connectivity index (χ0v) is 16.8. The molecule has 0 spiro atoms. The Kier molecular flexibility index (Phi) is 7.17. The number of hydrogen-bond donors (Lipinski definition) is 3. The van der Waals surface area contributed by atoms with Crippen LogP contribution in [-0.4, -0.2) is 38.7 Å². The number of aliphatic imine (C=N–C) groups is 1. The van der Waals surface area contributed by atoms with Crippen molar-refractivity contribution in [1.82, 2.24) is 20.8 Å². The maximum absolute atomic E-state index is 13.4. The number of benzene rings is 1. The number of thiazole rings is 1. The number of carbonyl (C=O) groups excluding carboxylic acids is 1. The third-order valence-corrected chi connectivity index (χ3v) is 4.87. The summed E-state index contributed by atoms with van der Waals surface area (Å²) in [6.07, 6.45) is 2.24. The summed E-state index contributed by atoms with van der Waals surface area (Å²) in [5.74, 6) is -0.439. The minimum absolute atomic E-state index is 0.0289. The minimum atomic E-state index is -0.359. The number of nitrogens with zero attached hydrogens (tertiary/aromatic N) is 4. The van der Waals surface area contributed by atoms with E-state index in [0.29, 0.717) is 46.4 Å². The van der Waals surface area contributed by atoms with Crippen LogP contribution in [-0.2, 0) is 11.3 Å². The van der Waals surface area contributed by atoms with Gasteiger partial charge in [-0.15, -0.1) is 0 Å². The van der Waals surface area contributed by atoms with Gasteiger partial charge in [0, 0.05) is 13.0 Å². The molecule has 2 aromatic heterocycles. The second-order valence-electron chi connectivity index (χ2n) is 6.21. The Bertz CT molecular complexity index is 1050. The molecule has 0 bridgehead atoms. The molecule has 158 valence electrons. The number of anilines is 1. The van der Waals surface area contributed by atoms with Crippen molar-refractivity contribution < 1.29 is 23.8 Å². The molecule has 0 aliphatic carbocycles. The molecule has 0 fully saturated rings. The Morgan fingerprint density at radius 2 is 2.27 bits per heavy atom. The lowest BCUT2D eigenvalue weighted by Gasteiger charge is -2.05. The van der Waals surface area contributed by atoms with E-state index >= 15 is 0 Å². The fraction of sp³-hybridized carbons (Fsp3) is 0.278. The summed E-state index contributed by atoms with van der Waals surface area (Å²) in [5, 5.41) is 17.3. The van der Waals surface area contributed by atoms with Crippen LogP contribution in [0.2, 0.25) is 0 Å². The van der Waals surface area contributed by atoms with Crippen LogP contribution in [0, 0.1) is 12.7 Å². The number of nitrogens with one attached hydrogen (secondary N) is 1. The van der Waals surface area contributed by atoms with E-state index in [9.17, 15) is 14.4 Å². The van der Waals surface area contributed by atoms with Gasteiger partial charge in [0.05, 0.1) is 23.4 Å². The lowest BCUT2D eigenvalue weighted by molar-refractivity contribution is 0.0911. The second-order valence-corrected chi connectivity index (χ2v) is 7.27. The maximum atomic E-state index is 13.4. The van der Waals surface area contributed by atoms with Crippen LogP contribution in [0.3, 0.4) is 0 Å². The van der Waals surface area contributed by atoms with Gasteiger partial charge in [0.2, 0.25) is 0 Å². The SMILES string of the molecule is Cc1cc(N=C(NO)c2nonc2COCCCC(=O)c2cnc(N)s2)ccc1F. The predicted molar refractivity (Wildman–Crippen MR) is 106 cm³/mol. The van der Waals surface area contributed by atoms with E-state index in [1.54, 1.807) is 6.92 Å². The number of nitrogen functional groups attached to an aromatic ring is 1. The molecule has 30 heavy (non-hydrogen) atoms. The Balaban J connectivity index is 1.55. The number of rotatable bonds is 9. The molecule has 2 heterocycles.